The highest BCUT2D eigenvalue weighted by molar-refractivity contribution is 7.89. The molecule has 1 heterocycles. The molecule has 0 atom stereocenters. The Morgan fingerprint density at radius 3 is 2.67 bits per heavy atom. The van der Waals surface area contributed by atoms with Crippen molar-refractivity contribution >= 4 is 16.0 Å². The zero-order chi connectivity index (χ0) is 13.3. The largest absolute Gasteiger partial charge is 0.480 e. The Kier molecular flexibility index (Phi) is 3.31. The molecule has 0 amide bonds. The standard InChI is InChI=1S/C10H11FN2O4S/c11-7-3-9(5-12-4-7)18(16,17)13(6-10(14)15)8-1-2-8/h3-5,8H,1-2,6H2,(H,14,15). The van der Waals surface area contributed by atoms with Crippen LogP contribution in [0.2, 0.25) is 0 Å². The monoisotopic (exact) mass is 274 g/mol. The number of halogens is 1. The zero-order valence-corrected chi connectivity index (χ0v) is 10.1. The first-order chi connectivity index (χ1) is 8.41. The first-order valence-corrected chi connectivity index (χ1v) is 6.69. The van der Waals surface area contributed by atoms with E-state index in [4.69, 9.17) is 5.11 Å². The molecule has 0 unspecified atom stereocenters. The minimum atomic E-state index is -4.01. The Morgan fingerprint density at radius 2 is 2.17 bits per heavy atom. The summed E-state index contributed by atoms with van der Waals surface area (Å²) in [7, 11) is -4.01. The number of hydrogen-bond donors (Lipinski definition) is 1. The average molecular weight is 274 g/mol. The summed E-state index contributed by atoms with van der Waals surface area (Å²) in [6.45, 7) is -0.622. The lowest BCUT2D eigenvalue weighted by molar-refractivity contribution is -0.137. The van der Waals surface area contributed by atoms with Crippen molar-refractivity contribution in [2.75, 3.05) is 6.54 Å². The lowest BCUT2D eigenvalue weighted by Gasteiger charge is -2.19. The number of rotatable bonds is 5. The van der Waals surface area contributed by atoms with Crippen LogP contribution in [0, 0.1) is 5.82 Å². The summed E-state index contributed by atoms with van der Waals surface area (Å²) in [5, 5.41) is 8.73. The molecule has 0 aliphatic heterocycles. The quantitative estimate of drug-likeness (QED) is 0.842. The van der Waals surface area contributed by atoms with E-state index in [-0.39, 0.29) is 10.9 Å². The fourth-order valence-electron chi connectivity index (χ4n) is 1.57. The van der Waals surface area contributed by atoms with E-state index in [1.807, 2.05) is 0 Å². The minimum absolute atomic E-state index is 0.311. The summed E-state index contributed by atoms with van der Waals surface area (Å²) in [5.74, 6) is -2.02. The third-order valence-electron chi connectivity index (χ3n) is 2.53. The second-order valence-corrected chi connectivity index (χ2v) is 5.90. The van der Waals surface area contributed by atoms with Gasteiger partial charge in [-0.1, -0.05) is 0 Å². The SMILES string of the molecule is O=C(O)CN(C1CC1)S(=O)(=O)c1cncc(F)c1. The topological polar surface area (TPSA) is 87.6 Å². The van der Waals surface area contributed by atoms with E-state index in [1.165, 1.54) is 0 Å². The normalized spacial score (nSPS) is 15.9. The lowest BCUT2D eigenvalue weighted by atomic mass is 10.5. The van der Waals surface area contributed by atoms with Gasteiger partial charge >= 0.3 is 5.97 Å². The molecule has 0 radical (unpaired) electrons. The molecule has 6 nitrogen and oxygen atoms in total. The number of hydrogen-bond acceptors (Lipinski definition) is 4. The Balaban J connectivity index is 2.36. The predicted molar refractivity (Wildman–Crippen MR) is 58.7 cm³/mol. The molecule has 2 rings (SSSR count). The molecule has 98 valence electrons. The number of carboxylic acids is 1. The molecule has 0 spiro atoms. The third kappa shape index (κ3) is 2.65. The fraction of sp³-hybridized carbons (Fsp3) is 0.400. The third-order valence-corrected chi connectivity index (χ3v) is 4.40. The van der Waals surface area contributed by atoms with E-state index in [0.29, 0.717) is 12.8 Å². The molecule has 1 fully saturated rings. The van der Waals surface area contributed by atoms with Crippen LogP contribution in [0.5, 0.6) is 0 Å². The van der Waals surface area contributed by atoms with Crippen LogP contribution in [0.25, 0.3) is 0 Å². The van der Waals surface area contributed by atoms with Gasteiger partial charge in [-0.05, 0) is 18.9 Å². The van der Waals surface area contributed by atoms with E-state index in [2.05, 4.69) is 4.98 Å². The minimum Gasteiger partial charge on any atom is -0.480 e. The molecular formula is C10H11FN2O4S. The molecule has 1 N–H and O–H groups in total. The molecule has 0 bridgehead atoms. The van der Waals surface area contributed by atoms with Crippen LogP contribution >= 0.6 is 0 Å². The van der Waals surface area contributed by atoms with Gasteiger partial charge in [0, 0.05) is 12.2 Å². The Morgan fingerprint density at radius 1 is 1.50 bits per heavy atom. The number of aliphatic carboxylic acids is 1. The van der Waals surface area contributed by atoms with Gasteiger partial charge in [0.05, 0.1) is 6.20 Å². The van der Waals surface area contributed by atoms with Gasteiger partial charge in [-0.15, -0.1) is 0 Å². The van der Waals surface area contributed by atoms with Crippen LogP contribution in [0.15, 0.2) is 23.4 Å². The molecule has 0 aromatic carbocycles. The number of sulfonamides is 1. The van der Waals surface area contributed by atoms with Gasteiger partial charge in [0.1, 0.15) is 17.3 Å². The first-order valence-electron chi connectivity index (χ1n) is 5.25. The van der Waals surface area contributed by atoms with Crippen molar-refractivity contribution in [2.24, 2.45) is 0 Å². The molecule has 18 heavy (non-hydrogen) atoms. The highest BCUT2D eigenvalue weighted by atomic mass is 32.2. The van der Waals surface area contributed by atoms with E-state index in [9.17, 15) is 17.6 Å². The molecule has 0 saturated heterocycles. The maximum atomic E-state index is 13.0. The van der Waals surface area contributed by atoms with Crippen LogP contribution in [0.4, 0.5) is 4.39 Å². The van der Waals surface area contributed by atoms with Crippen LogP contribution in [-0.4, -0.2) is 41.4 Å². The van der Waals surface area contributed by atoms with Crippen LogP contribution in [-0.2, 0) is 14.8 Å². The number of carbonyl (C=O) groups is 1. The maximum absolute atomic E-state index is 13.0. The van der Waals surface area contributed by atoms with Crippen molar-refractivity contribution in [3.8, 4) is 0 Å². The Bertz CT molecular complexity index is 571. The van der Waals surface area contributed by atoms with Gasteiger partial charge in [-0.3, -0.25) is 9.78 Å². The van der Waals surface area contributed by atoms with Gasteiger partial charge in [0.2, 0.25) is 10.0 Å². The number of pyridine rings is 1. The van der Waals surface area contributed by atoms with Gasteiger partial charge in [0.15, 0.2) is 0 Å². The van der Waals surface area contributed by atoms with Gasteiger partial charge < -0.3 is 5.11 Å². The summed E-state index contributed by atoms with van der Waals surface area (Å²) < 4.78 is 38.2. The number of aromatic nitrogens is 1. The maximum Gasteiger partial charge on any atom is 0.318 e. The molecule has 1 aliphatic carbocycles. The summed E-state index contributed by atoms with van der Waals surface area (Å²) in [4.78, 5) is 13.8. The van der Waals surface area contributed by atoms with Gasteiger partial charge in [0.25, 0.3) is 0 Å². The van der Waals surface area contributed by atoms with Crippen LogP contribution < -0.4 is 0 Å². The highest BCUT2D eigenvalue weighted by Gasteiger charge is 2.39. The van der Waals surface area contributed by atoms with Crippen molar-refractivity contribution < 1.29 is 22.7 Å². The molecule has 1 aliphatic rings. The zero-order valence-electron chi connectivity index (χ0n) is 9.28. The van der Waals surface area contributed by atoms with E-state index >= 15 is 0 Å². The lowest BCUT2D eigenvalue weighted by Crippen LogP contribution is -2.37. The number of nitrogens with zero attached hydrogens (tertiary/aromatic N) is 2. The average Bonchev–Trinajstić information content (AvgIpc) is 3.09. The van der Waals surface area contributed by atoms with Crippen LogP contribution in [0.3, 0.4) is 0 Å². The van der Waals surface area contributed by atoms with Gasteiger partial charge in [-0.25, -0.2) is 12.8 Å². The Hall–Kier alpha value is -1.54. The summed E-state index contributed by atoms with van der Waals surface area (Å²) in [6.07, 6.45) is 3.14. The highest BCUT2D eigenvalue weighted by Crippen LogP contribution is 2.31. The van der Waals surface area contributed by atoms with E-state index in [1.54, 1.807) is 0 Å². The first kappa shape index (κ1) is 12.9. The van der Waals surface area contributed by atoms with Crippen molar-refractivity contribution in [3.05, 3.63) is 24.3 Å². The second-order valence-electron chi connectivity index (χ2n) is 4.01. The molecule has 1 aromatic heterocycles. The van der Waals surface area contributed by atoms with Crippen molar-refractivity contribution in [1.82, 2.24) is 9.29 Å². The van der Waals surface area contributed by atoms with Crippen molar-refractivity contribution in [2.45, 2.75) is 23.8 Å². The van der Waals surface area contributed by atoms with Crippen LogP contribution in [0.1, 0.15) is 12.8 Å². The molecule has 1 aromatic rings. The van der Waals surface area contributed by atoms with Crippen molar-refractivity contribution in [3.63, 3.8) is 0 Å². The van der Waals surface area contributed by atoms with E-state index in [0.717, 1.165) is 22.8 Å². The number of carboxylic acid groups (broad SMARTS) is 1. The van der Waals surface area contributed by atoms with E-state index < -0.39 is 28.4 Å². The Labute approximate surface area is 103 Å². The van der Waals surface area contributed by atoms with Gasteiger partial charge in [-0.2, -0.15) is 4.31 Å². The van der Waals surface area contributed by atoms with Crippen molar-refractivity contribution in [1.29, 1.82) is 0 Å². The smallest absolute Gasteiger partial charge is 0.318 e. The summed E-state index contributed by atoms with van der Waals surface area (Å²) in [5.41, 5.74) is 0. The molecular weight excluding hydrogens is 263 g/mol. The molecule has 8 heteroatoms. The fourth-order valence-corrected chi connectivity index (χ4v) is 3.19. The molecule has 1 saturated carbocycles. The summed E-state index contributed by atoms with van der Waals surface area (Å²) in [6, 6.07) is 0.522. The summed E-state index contributed by atoms with van der Waals surface area (Å²) >= 11 is 0. The second kappa shape index (κ2) is 4.62. The predicted octanol–water partition coefficient (Wildman–Crippen LogP) is 0.458.